The van der Waals surface area contributed by atoms with Crippen LogP contribution in [0, 0.1) is 5.92 Å². The number of hydrogen-bond donors (Lipinski definition) is 2. The van der Waals surface area contributed by atoms with Crippen LogP contribution in [0.4, 0.5) is 0 Å². The van der Waals surface area contributed by atoms with Crippen LogP contribution in [0.2, 0.25) is 0 Å². The second-order valence-electron chi connectivity index (χ2n) is 7.23. The Morgan fingerprint density at radius 2 is 2.00 bits per heavy atom. The van der Waals surface area contributed by atoms with Gasteiger partial charge in [0.25, 0.3) is 0 Å². The molecule has 2 heterocycles. The number of nitrogens with one attached hydrogen (secondary N) is 2. The van der Waals surface area contributed by atoms with Crippen molar-refractivity contribution in [3.8, 4) is 11.5 Å². The van der Waals surface area contributed by atoms with Crippen LogP contribution in [0.5, 0.6) is 11.5 Å². The summed E-state index contributed by atoms with van der Waals surface area (Å²) in [4.78, 5) is 8.35. The van der Waals surface area contributed by atoms with Gasteiger partial charge in [-0.1, -0.05) is 6.07 Å². The van der Waals surface area contributed by atoms with Crippen molar-refractivity contribution in [1.29, 1.82) is 0 Å². The minimum Gasteiger partial charge on any atom is -0.497 e. The molecule has 6 nitrogen and oxygen atoms in total. The van der Waals surface area contributed by atoms with Crippen LogP contribution in [-0.4, -0.2) is 57.8 Å². The summed E-state index contributed by atoms with van der Waals surface area (Å²) < 4.78 is 10.9. The maximum absolute atomic E-state index is 5.75. The van der Waals surface area contributed by atoms with Gasteiger partial charge in [-0.3, -0.25) is 9.89 Å². The van der Waals surface area contributed by atoms with Crippen molar-refractivity contribution in [2.45, 2.75) is 19.4 Å². The Bertz CT molecular complexity index is 740. The van der Waals surface area contributed by atoms with Gasteiger partial charge in [0, 0.05) is 31.6 Å². The molecule has 0 amide bonds. The standard InChI is InChI=1S/C22H32N4O2S.HI/c1-23-22(24-11-13-28-20-9-7-19(27-2)8-10-20)25-15-18-5-3-12-26(16-18)17-21-6-4-14-29-21;/h4,6-10,14,18H,3,5,11-13,15-17H2,1-2H3,(H2,23,24,25);1H. The summed E-state index contributed by atoms with van der Waals surface area (Å²) in [5.41, 5.74) is 0. The molecule has 30 heavy (non-hydrogen) atoms. The van der Waals surface area contributed by atoms with Crippen molar-refractivity contribution in [2.75, 3.05) is 46.9 Å². The summed E-state index contributed by atoms with van der Waals surface area (Å²) in [6, 6.07) is 12.0. The molecule has 0 radical (unpaired) electrons. The highest BCUT2D eigenvalue weighted by Gasteiger charge is 2.20. The number of rotatable bonds is 9. The van der Waals surface area contributed by atoms with Crippen molar-refractivity contribution < 1.29 is 9.47 Å². The SMILES string of the molecule is CN=C(NCCOc1ccc(OC)cc1)NCC1CCCN(Cc2cccs2)C1.I. The highest BCUT2D eigenvalue weighted by Crippen LogP contribution is 2.20. The average Bonchev–Trinajstić information content (AvgIpc) is 3.27. The number of methoxy groups -OCH3 is 1. The molecule has 1 atom stereocenters. The molecular weight excluding hydrogens is 511 g/mol. The van der Waals surface area contributed by atoms with E-state index in [2.05, 4.69) is 38.0 Å². The van der Waals surface area contributed by atoms with E-state index in [0.29, 0.717) is 19.1 Å². The minimum absolute atomic E-state index is 0. The molecule has 1 aliphatic rings. The zero-order valence-electron chi connectivity index (χ0n) is 17.8. The van der Waals surface area contributed by atoms with Gasteiger partial charge in [0.05, 0.1) is 13.7 Å². The third kappa shape index (κ3) is 8.31. The zero-order valence-corrected chi connectivity index (χ0v) is 20.9. The smallest absolute Gasteiger partial charge is 0.191 e. The monoisotopic (exact) mass is 544 g/mol. The molecule has 1 aromatic heterocycles. The summed E-state index contributed by atoms with van der Waals surface area (Å²) in [6.07, 6.45) is 2.53. The maximum atomic E-state index is 5.75. The first-order valence-electron chi connectivity index (χ1n) is 10.2. The van der Waals surface area contributed by atoms with Crippen LogP contribution in [0.3, 0.4) is 0 Å². The van der Waals surface area contributed by atoms with Crippen molar-refractivity contribution in [2.24, 2.45) is 10.9 Å². The van der Waals surface area contributed by atoms with Gasteiger partial charge >= 0.3 is 0 Å². The number of ether oxygens (including phenoxy) is 2. The number of piperidine rings is 1. The van der Waals surface area contributed by atoms with E-state index in [1.807, 2.05) is 42.6 Å². The van der Waals surface area contributed by atoms with Crippen LogP contribution in [0.1, 0.15) is 17.7 Å². The summed E-state index contributed by atoms with van der Waals surface area (Å²) >= 11 is 1.85. The van der Waals surface area contributed by atoms with Crippen LogP contribution < -0.4 is 20.1 Å². The van der Waals surface area contributed by atoms with Crippen molar-refractivity contribution in [1.82, 2.24) is 15.5 Å². The Labute approximate surface area is 201 Å². The normalized spacial score (nSPS) is 17.1. The Balaban J connectivity index is 0.00000320. The summed E-state index contributed by atoms with van der Waals surface area (Å²) in [5, 5.41) is 8.96. The quantitative estimate of drug-likeness (QED) is 0.218. The molecule has 0 spiro atoms. The van der Waals surface area contributed by atoms with E-state index in [-0.39, 0.29) is 24.0 Å². The zero-order chi connectivity index (χ0) is 20.3. The van der Waals surface area contributed by atoms with E-state index < -0.39 is 0 Å². The van der Waals surface area contributed by atoms with Gasteiger partial charge in [0.2, 0.25) is 0 Å². The lowest BCUT2D eigenvalue weighted by Crippen LogP contribution is -2.45. The molecule has 1 saturated heterocycles. The molecule has 0 bridgehead atoms. The largest absolute Gasteiger partial charge is 0.497 e. The lowest BCUT2D eigenvalue weighted by Gasteiger charge is -2.32. The van der Waals surface area contributed by atoms with Crippen LogP contribution in [0.15, 0.2) is 46.8 Å². The lowest BCUT2D eigenvalue weighted by atomic mass is 9.98. The molecular formula is C22H33IN4O2S. The van der Waals surface area contributed by atoms with E-state index >= 15 is 0 Å². The van der Waals surface area contributed by atoms with Crippen molar-refractivity contribution in [3.05, 3.63) is 46.7 Å². The highest BCUT2D eigenvalue weighted by atomic mass is 127. The molecule has 0 aliphatic carbocycles. The van der Waals surface area contributed by atoms with Crippen molar-refractivity contribution in [3.63, 3.8) is 0 Å². The molecule has 1 fully saturated rings. The van der Waals surface area contributed by atoms with Crippen LogP contribution in [-0.2, 0) is 6.54 Å². The molecule has 1 aromatic carbocycles. The second-order valence-corrected chi connectivity index (χ2v) is 8.26. The van der Waals surface area contributed by atoms with E-state index in [4.69, 9.17) is 9.47 Å². The maximum Gasteiger partial charge on any atom is 0.191 e. The Morgan fingerprint density at radius 3 is 2.70 bits per heavy atom. The number of likely N-dealkylation sites (tertiary alicyclic amines) is 1. The predicted molar refractivity (Wildman–Crippen MR) is 136 cm³/mol. The van der Waals surface area contributed by atoms with Gasteiger partial charge < -0.3 is 20.1 Å². The summed E-state index contributed by atoms with van der Waals surface area (Å²) in [5.74, 6) is 3.15. The molecule has 3 rings (SSSR count). The first kappa shape index (κ1) is 24.7. The number of thiophene rings is 1. The third-order valence-corrected chi connectivity index (χ3v) is 5.93. The third-order valence-electron chi connectivity index (χ3n) is 5.07. The summed E-state index contributed by atoms with van der Waals surface area (Å²) in [7, 11) is 3.47. The lowest BCUT2D eigenvalue weighted by molar-refractivity contribution is 0.169. The Morgan fingerprint density at radius 1 is 1.20 bits per heavy atom. The fourth-order valence-electron chi connectivity index (χ4n) is 3.56. The first-order chi connectivity index (χ1) is 14.3. The second kappa shape index (κ2) is 13.7. The van der Waals surface area contributed by atoms with E-state index in [9.17, 15) is 0 Å². The van der Waals surface area contributed by atoms with Gasteiger partial charge in [0.15, 0.2) is 5.96 Å². The van der Waals surface area contributed by atoms with Crippen molar-refractivity contribution >= 4 is 41.3 Å². The molecule has 166 valence electrons. The number of guanidine groups is 1. The van der Waals surface area contributed by atoms with Crippen LogP contribution >= 0.6 is 35.3 Å². The molecule has 2 N–H and O–H groups in total. The van der Waals surface area contributed by atoms with Gasteiger partial charge in [-0.25, -0.2) is 0 Å². The van der Waals surface area contributed by atoms with E-state index in [0.717, 1.165) is 37.1 Å². The number of benzene rings is 1. The fourth-order valence-corrected chi connectivity index (χ4v) is 4.30. The van der Waals surface area contributed by atoms with Crippen LogP contribution in [0.25, 0.3) is 0 Å². The Hall–Kier alpha value is -1.52. The molecule has 1 aliphatic heterocycles. The number of nitrogens with zero attached hydrogens (tertiary/aromatic N) is 2. The average molecular weight is 545 g/mol. The van der Waals surface area contributed by atoms with E-state index in [1.165, 1.54) is 24.3 Å². The van der Waals surface area contributed by atoms with Gasteiger partial charge in [-0.2, -0.15) is 0 Å². The van der Waals surface area contributed by atoms with E-state index in [1.54, 1.807) is 7.11 Å². The first-order valence-corrected chi connectivity index (χ1v) is 11.1. The number of hydrogen-bond acceptors (Lipinski definition) is 5. The highest BCUT2D eigenvalue weighted by molar-refractivity contribution is 14.0. The number of halogens is 1. The van der Waals surface area contributed by atoms with Gasteiger partial charge in [0.1, 0.15) is 18.1 Å². The molecule has 1 unspecified atom stereocenters. The minimum atomic E-state index is 0. The molecule has 8 heteroatoms. The van der Waals surface area contributed by atoms with Gasteiger partial charge in [-0.05, 0) is 61.0 Å². The topological polar surface area (TPSA) is 58.1 Å². The Kier molecular flexibility index (Phi) is 11.3. The molecule has 0 saturated carbocycles. The van der Waals surface area contributed by atoms with Gasteiger partial charge in [-0.15, -0.1) is 35.3 Å². The summed E-state index contributed by atoms with van der Waals surface area (Å²) in [6.45, 7) is 5.63. The fraction of sp³-hybridized carbons (Fsp3) is 0.500. The molecule has 2 aromatic rings. The predicted octanol–water partition coefficient (Wildman–Crippen LogP) is 3.83. The number of aliphatic imine (C=N–C) groups is 1.